The van der Waals surface area contributed by atoms with Gasteiger partial charge in [0.05, 0.1) is 41.1 Å². The number of carbonyl (C=O) groups is 1. The van der Waals surface area contributed by atoms with Crippen LogP contribution >= 0.6 is 23.2 Å². The first kappa shape index (κ1) is 21.4. The van der Waals surface area contributed by atoms with Gasteiger partial charge in [0, 0.05) is 6.54 Å². The van der Waals surface area contributed by atoms with Gasteiger partial charge in [0.2, 0.25) is 10.0 Å². The largest absolute Gasteiger partial charge is 0.351 e. The van der Waals surface area contributed by atoms with Crippen molar-refractivity contribution in [1.82, 2.24) is 9.62 Å². The lowest BCUT2D eigenvalue weighted by molar-refractivity contribution is -0.917. The van der Waals surface area contributed by atoms with Crippen molar-refractivity contribution in [1.29, 1.82) is 0 Å². The van der Waals surface area contributed by atoms with Crippen molar-refractivity contribution in [3.05, 3.63) is 28.2 Å². The van der Waals surface area contributed by atoms with Gasteiger partial charge in [-0.05, 0) is 31.0 Å². The molecule has 1 aromatic carbocycles. The number of nitrogens with zero attached hydrogens (tertiary/aromatic N) is 1. The van der Waals surface area contributed by atoms with Crippen LogP contribution in [-0.4, -0.2) is 57.4 Å². The van der Waals surface area contributed by atoms with Crippen LogP contribution in [0.3, 0.4) is 0 Å². The highest BCUT2D eigenvalue weighted by atomic mass is 35.5. The van der Waals surface area contributed by atoms with E-state index in [1.54, 1.807) is 0 Å². The Morgan fingerprint density at radius 3 is 2.35 bits per heavy atom. The first-order chi connectivity index (χ1) is 12.1. The Hall–Kier alpha value is -0.860. The summed E-state index contributed by atoms with van der Waals surface area (Å²) in [6.45, 7) is 8.50. The standard InChI is InChI=1S/C17H25Cl2N3O3S/c1-12(2)11-20-17(23)13(3)21-6-8-22(9-7-21)26(24,25)14-4-5-15(18)16(19)10-14/h4-5,10,12-13H,6-9,11H2,1-3H3,(H,20,23)/p+1/t13-/m0/s1. The van der Waals surface area contributed by atoms with Crippen LogP contribution < -0.4 is 10.2 Å². The summed E-state index contributed by atoms with van der Waals surface area (Å²) in [5, 5.41) is 3.47. The number of sulfonamides is 1. The summed E-state index contributed by atoms with van der Waals surface area (Å²) >= 11 is 11.8. The Balaban J connectivity index is 1.98. The van der Waals surface area contributed by atoms with Crippen LogP contribution in [0.25, 0.3) is 0 Å². The molecular weight excluding hydrogens is 397 g/mol. The third-order valence-corrected chi connectivity index (χ3v) is 7.22. The number of carbonyl (C=O) groups excluding carboxylic acids is 1. The van der Waals surface area contributed by atoms with E-state index in [-0.39, 0.29) is 21.9 Å². The normalized spacial score (nSPS) is 18.1. The molecule has 1 aliphatic heterocycles. The molecule has 1 aromatic rings. The van der Waals surface area contributed by atoms with Crippen LogP contribution in [0.2, 0.25) is 10.0 Å². The highest BCUT2D eigenvalue weighted by molar-refractivity contribution is 7.89. The minimum Gasteiger partial charge on any atom is -0.351 e. The molecule has 1 atom stereocenters. The molecule has 2 N–H and O–H groups in total. The van der Waals surface area contributed by atoms with E-state index in [9.17, 15) is 13.2 Å². The highest BCUT2D eigenvalue weighted by Crippen LogP contribution is 2.26. The lowest BCUT2D eigenvalue weighted by atomic mass is 10.2. The summed E-state index contributed by atoms with van der Waals surface area (Å²) in [7, 11) is -3.62. The molecule has 1 aliphatic rings. The predicted molar refractivity (Wildman–Crippen MR) is 103 cm³/mol. The Labute approximate surface area is 165 Å². The average Bonchev–Trinajstić information content (AvgIpc) is 2.61. The highest BCUT2D eigenvalue weighted by Gasteiger charge is 2.34. The van der Waals surface area contributed by atoms with Crippen molar-refractivity contribution in [3.63, 3.8) is 0 Å². The molecule has 0 saturated carbocycles. The van der Waals surface area contributed by atoms with Crippen molar-refractivity contribution in [2.24, 2.45) is 5.92 Å². The summed E-state index contributed by atoms with van der Waals surface area (Å²) in [6, 6.07) is 4.12. The lowest BCUT2D eigenvalue weighted by Crippen LogP contribution is -3.19. The van der Waals surface area contributed by atoms with Gasteiger partial charge >= 0.3 is 0 Å². The van der Waals surface area contributed by atoms with Gasteiger partial charge < -0.3 is 10.2 Å². The first-order valence-electron chi connectivity index (χ1n) is 8.70. The van der Waals surface area contributed by atoms with Gasteiger partial charge in [0.1, 0.15) is 0 Å². The molecular formula is C17H26Cl2N3O3S+. The van der Waals surface area contributed by atoms with Crippen LogP contribution in [-0.2, 0) is 14.8 Å². The Morgan fingerprint density at radius 1 is 1.19 bits per heavy atom. The minimum atomic E-state index is -3.62. The molecule has 26 heavy (non-hydrogen) atoms. The zero-order valence-corrected chi connectivity index (χ0v) is 17.6. The number of benzene rings is 1. The molecule has 1 saturated heterocycles. The van der Waals surface area contributed by atoms with Crippen molar-refractivity contribution < 1.29 is 18.1 Å². The third-order valence-electron chi connectivity index (χ3n) is 4.58. The average molecular weight is 423 g/mol. The van der Waals surface area contributed by atoms with Gasteiger partial charge in [-0.15, -0.1) is 0 Å². The molecule has 1 amide bonds. The maximum atomic E-state index is 12.8. The van der Waals surface area contributed by atoms with Gasteiger partial charge in [-0.2, -0.15) is 4.31 Å². The van der Waals surface area contributed by atoms with E-state index < -0.39 is 10.0 Å². The molecule has 2 rings (SSSR count). The topological polar surface area (TPSA) is 70.9 Å². The van der Waals surface area contributed by atoms with E-state index in [2.05, 4.69) is 5.32 Å². The fraction of sp³-hybridized carbons (Fsp3) is 0.588. The van der Waals surface area contributed by atoms with Crippen LogP contribution in [0, 0.1) is 5.92 Å². The molecule has 0 radical (unpaired) electrons. The molecule has 146 valence electrons. The van der Waals surface area contributed by atoms with E-state index >= 15 is 0 Å². The number of amides is 1. The monoisotopic (exact) mass is 422 g/mol. The van der Waals surface area contributed by atoms with E-state index in [1.807, 2.05) is 20.8 Å². The summed E-state index contributed by atoms with van der Waals surface area (Å²) in [5.74, 6) is 0.406. The fourth-order valence-electron chi connectivity index (χ4n) is 2.88. The second-order valence-corrected chi connectivity index (χ2v) is 9.75. The van der Waals surface area contributed by atoms with Crippen LogP contribution in [0.1, 0.15) is 20.8 Å². The summed E-state index contributed by atoms with van der Waals surface area (Å²) in [4.78, 5) is 13.5. The van der Waals surface area contributed by atoms with E-state index in [1.165, 1.54) is 22.5 Å². The molecule has 0 spiro atoms. The second-order valence-electron chi connectivity index (χ2n) is 7.00. The van der Waals surface area contributed by atoms with Crippen LogP contribution in [0.15, 0.2) is 23.1 Å². The van der Waals surface area contributed by atoms with Gasteiger partial charge in [0.25, 0.3) is 5.91 Å². The Bertz CT molecular complexity index is 748. The number of hydrogen-bond donors (Lipinski definition) is 2. The van der Waals surface area contributed by atoms with Gasteiger partial charge in [-0.25, -0.2) is 8.42 Å². The number of halogens is 2. The van der Waals surface area contributed by atoms with Crippen molar-refractivity contribution in [2.45, 2.75) is 31.7 Å². The smallest absolute Gasteiger partial charge is 0.278 e. The molecule has 0 aromatic heterocycles. The maximum absolute atomic E-state index is 12.8. The third kappa shape index (κ3) is 5.10. The number of rotatable bonds is 6. The molecule has 0 aliphatic carbocycles. The van der Waals surface area contributed by atoms with Gasteiger partial charge in [-0.1, -0.05) is 37.0 Å². The fourth-order valence-corrected chi connectivity index (χ4v) is 4.71. The molecule has 1 heterocycles. The summed E-state index contributed by atoms with van der Waals surface area (Å²) in [6.07, 6.45) is 0. The van der Waals surface area contributed by atoms with Crippen molar-refractivity contribution in [2.75, 3.05) is 32.7 Å². The summed E-state index contributed by atoms with van der Waals surface area (Å²) in [5.41, 5.74) is 0. The molecule has 0 bridgehead atoms. The molecule has 1 fully saturated rings. The number of piperazine rings is 1. The van der Waals surface area contributed by atoms with E-state index in [0.717, 1.165) is 4.90 Å². The maximum Gasteiger partial charge on any atom is 0.278 e. The number of hydrogen-bond acceptors (Lipinski definition) is 3. The second kappa shape index (κ2) is 8.89. The molecule has 9 heteroatoms. The Morgan fingerprint density at radius 2 is 1.81 bits per heavy atom. The number of quaternary nitrogens is 1. The van der Waals surface area contributed by atoms with Crippen LogP contribution in [0.4, 0.5) is 0 Å². The van der Waals surface area contributed by atoms with Crippen molar-refractivity contribution >= 4 is 39.1 Å². The minimum absolute atomic E-state index is 0.00879. The molecule has 6 nitrogen and oxygen atoms in total. The van der Waals surface area contributed by atoms with E-state index in [4.69, 9.17) is 23.2 Å². The number of nitrogens with one attached hydrogen (secondary N) is 2. The first-order valence-corrected chi connectivity index (χ1v) is 10.9. The zero-order chi connectivity index (χ0) is 19.5. The van der Waals surface area contributed by atoms with Gasteiger partial charge in [0.15, 0.2) is 6.04 Å². The quantitative estimate of drug-likeness (QED) is 0.719. The van der Waals surface area contributed by atoms with Gasteiger partial charge in [-0.3, -0.25) is 4.79 Å². The zero-order valence-electron chi connectivity index (χ0n) is 15.3. The summed E-state index contributed by atoms with van der Waals surface area (Å²) < 4.78 is 27.0. The molecule has 0 unspecified atom stereocenters. The SMILES string of the molecule is CC(C)CNC(=O)[C@H](C)[NH+]1CCN(S(=O)(=O)c2ccc(Cl)c(Cl)c2)CC1. The lowest BCUT2D eigenvalue weighted by Gasteiger charge is -2.34. The van der Waals surface area contributed by atoms with E-state index in [0.29, 0.717) is 43.7 Å². The predicted octanol–water partition coefficient (Wildman–Crippen LogP) is 1.04. The van der Waals surface area contributed by atoms with Crippen LogP contribution in [0.5, 0.6) is 0 Å². The Kier molecular flexibility index (Phi) is 7.33. The van der Waals surface area contributed by atoms with Crippen molar-refractivity contribution in [3.8, 4) is 0 Å².